The highest BCUT2D eigenvalue weighted by Gasteiger charge is 2.10. The van der Waals surface area contributed by atoms with Gasteiger partial charge in [0.05, 0.1) is 5.00 Å². The molecule has 1 rings (SSSR count). The van der Waals surface area contributed by atoms with Crippen molar-refractivity contribution < 1.29 is 9.90 Å². The van der Waals surface area contributed by atoms with Gasteiger partial charge in [0.1, 0.15) is 0 Å². The molecule has 0 radical (unpaired) electrons. The summed E-state index contributed by atoms with van der Waals surface area (Å²) in [5.41, 5.74) is 7.90. The van der Waals surface area contributed by atoms with Crippen molar-refractivity contribution in [2.75, 3.05) is 5.73 Å². The molecule has 0 amide bonds. The Hall–Kier alpha value is -1.03. The van der Waals surface area contributed by atoms with E-state index in [1.165, 1.54) is 16.2 Å². The lowest BCUT2D eigenvalue weighted by Crippen LogP contribution is -1.99. The van der Waals surface area contributed by atoms with Crippen LogP contribution in [-0.4, -0.2) is 11.1 Å². The molecule has 0 aliphatic carbocycles. The van der Waals surface area contributed by atoms with Crippen molar-refractivity contribution in [3.8, 4) is 0 Å². The van der Waals surface area contributed by atoms with E-state index >= 15 is 0 Å². The zero-order valence-corrected chi connectivity index (χ0v) is 8.57. The minimum atomic E-state index is -0.775. The molecule has 0 aliphatic rings. The molecule has 72 valence electrons. The van der Waals surface area contributed by atoms with Crippen LogP contribution in [0.5, 0.6) is 0 Å². The largest absolute Gasteiger partial charge is 0.481 e. The summed E-state index contributed by atoms with van der Waals surface area (Å²) in [5.74, 6) is -0.775. The maximum atomic E-state index is 10.4. The number of aryl methyl sites for hydroxylation is 1. The molecule has 1 aromatic heterocycles. The van der Waals surface area contributed by atoms with Crippen LogP contribution in [0.4, 0.5) is 5.00 Å². The van der Waals surface area contributed by atoms with E-state index in [4.69, 9.17) is 10.8 Å². The zero-order valence-electron chi connectivity index (χ0n) is 7.76. The SMILES string of the molecule is Cc1sc(N)c(CCC(=O)O)c1C. The second-order valence-electron chi connectivity index (χ2n) is 3.02. The van der Waals surface area contributed by atoms with Gasteiger partial charge in [-0.15, -0.1) is 11.3 Å². The molecule has 0 saturated carbocycles. The third kappa shape index (κ3) is 2.21. The minimum Gasteiger partial charge on any atom is -0.481 e. The van der Waals surface area contributed by atoms with Gasteiger partial charge in [-0.3, -0.25) is 4.79 Å². The van der Waals surface area contributed by atoms with Crippen LogP contribution in [-0.2, 0) is 11.2 Å². The molecule has 0 saturated heterocycles. The van der Waals surface area contributed by atoms with Crippen molar-refractivity contribution in [1.29, 1.82) is 0 Å². The van der Waals surface area contributed by atoms with Crippen LogP contribution in [0.2, 0.25) is 0 Å². The number of hydrogen-bond donors (Lipinski definition) is 2. The number of thiophene rings is 1. The molecule has 3 nitrogen and oxygen atoms in total. The molecule has 1 heterocycles. The monoisotopic (exact) mass is 199 g/mol. The normalized spacial score (nSPS) is 10.3. The van der Waals surface area contributed by atoms with Crippen molar-refractivity contribution in [3.63, 3.8) is 0 Å². The van der Waals surface area contributed by atoms with Gasteiger partial charge in [0.15, 0.2) is 0 Å². The summed E-state index contributed by atoms with van der Waals surface area (Å²) in [6.07, 6.45) is 0.693. The maximum absolute atomic E-state index is 10.4. The Balaban J connectivity index is 2.81. The van der Waals surface area contributed by atoms with E-state index in [2.05, 4.69) is 0 Å². The fourth-order valence-corrected chi connectivity index (χ4v) is 2.23. The molecule has 0 atom stereocenters. The van der Waals surface area contributed by atoms with Crippen LogP contribution in [0.25, 0.3) is 0 Å². The van der Waals surface area contributed by atoms with Crippen LogP contribution in [0.1, 0.15) is 22.4 Å². The molecular formula is C9H13NO2S. The molecule has 0 aromatic carbocycles. The quantitative estimate of drug-likeness (QED) is 0.782. The topological polar surface area (TPSA) is 63.3 Å². The standard InChI is InChI=1S/C9H13NO2S/c1-5-6(2)13-9(10)7(5)3-4-8(11)12/h3-4,10H2,1-2H3,(H,11,12). The van der Waals surface area contributed by atoms with Crippen molar-refractivity contribution in [3.05, 3.63) is 16.0 Å². The van der Waals surface area contributed by atoms with Crippen LogP contribution in [0, 0.1) is 13.8 Å². The molecule has 0 fully saturated rings. The Morgan fingerprint density at radius 1 is 1.54 bits per heavy atom. The van der Waals surface area contributed by atoms with Crippen molar-refractivity contribution in [2.45, 2.75) is 26.7 Å². The predicted octanol–water partition coefficient (Wildman–Crippen LogP) is 1.96. The van der Waals surface area contributed by atoms with Crippen molar-refractivity contribution >= 4 is 22.3 Å². The van der Waals surface area contributed by atoms with E-state index in [9.17, 15) is 4.79 Å². The third-order valence-electron chi connectivity index (χ3n) is 2.13. The first-order valence-corrected chi connectivity index (χ1v) is 4.90. The van der Waals surface area contributed by atoms with Gasteiger partial charge in [0.25, 0.3) is 0 Å². The van der Waals surface area contributed by atoms with E-state index in [0.717, 1.165) is 16.1 Å². The fraction of sp³-hybridized carbons (Fsp3) is 0.444. The highest BCUT2D eigenvalue weighted by atomic mass is 32.1. The Kier molecular flexibility index (Phi) is 2.93. The molecule has 13 heavy (non-hydrogen) atoms. The lowest BCUT2D eigenvalue weighted by Gasteiger charge is -1.99. The number of nitrogen functional groups attached to an aromatic ring is 1. The van der Waals surface area contributed by atoms with Gasteiger partial charge in [-0.1, -0.05) is 0 Å². The van der Waals surface area contributed by atoms with Gasteiger partial charge < -0.3 is 10.8 Å². The zero-order chi connectivity index (χ0) is 10.0. The van der Waals surface area contributed by atoms with Crippen LogP contribution < -0.4 is 5.73 Å². The summed E-state index contributed by atoms with van der Waals surface area (Å²) in [6.45, 7) is 3.99. The average molecular weight is 199 g/mol. The maximum Gasteiger partial charge on any atom is 0.303 e. The second-order valence-corrected chi connectivity index (χ2v) is 4.28. The van der Waals surface area contributed by atoms with Gasteiger partial charge in [0.2, 0.25) is 0 Å². The molecular weight excluding hydrogens is 186 g/mol. The molecule has 0 unspecified atom stereocenters. The van der Waals surface area contributed by atoms with E-state index in [1.54, 1.807) is 0 Å². The Labute approximate surface area is 81.2 Å². The number of carboxylic acid groups (broad SMARTS) is 1. The van der Waals surface area contributed by atoms with Crippen molar-refractivity contribution in [2.24, 2.45) is 0 Å². The number of carbonyl (C=O) groups is 1. The average Bonchev–Trinajstić information content (AvgIpc) is 2.24. The molecule has 0 spiro atoms. The van der Waals surface area contributed by atoms with Crippen LogP contribution in [0.15, 0.2) is 0 Å². The summed E-state index contributed by atoms with van der Waals surface area (Å²) in [7, 11) is 0. The van der Waals surface area contributed by atoms with Gasteiger partial charge in [-0.2, -0.15) is 0 Å². The van der Waals surface area contributed by atoms with E-state index in [1.807, 2.05) is 13.8 Å². The first-order chi connectivity index (χ1) is 6.02. The molecule has 1 aromatic rings. The molecule has 3 N–H and O–H groups in total. The lowest BCUT2D eigenvalue weighted by molar-refractivity contribution is -0.136. The number of anilines is 1. The van der Waals surface area contributed by atoms with Crippen LogP contribution >= 0.6 is 11.3 Å². The second kappa shape index (κ2) is 3.79. The Morgan fingerprint density at radius 3 is 2.54 bits per heavy atom. The van der Waals surface area contributed by atoms with Gasteiger partial charge in [0, 0.05) is 11.3 Å². The Bertz CT molecular complexity index is 331. The molecule has 4 heteroatoms. The first-order valence-electron chi connectivity index (χ1n) is 4.08. The van der Waals surface area contributed by atoms with E-state index in [0.29, 0.717) is 6.42 Å². The van der Waals surface area contributed by atoms with Gasteiger partial charge in [-0.25, -0.2) is 0 Å². The number of carboxylic acids is 1. The minimum absolute atomic E-state index is 0.154. The summed E-state index contributed by atoms with van der Waals surface area (Å²) in [4.78, 5) is 11.5. The first kappa shape index (κ1) is 10.1. The predicted molar refractivity (Wildman–Crippen MR) is 54.2 cm³/mol. The van der Waals surface area contributed by atoms with E-state index in [-0.39, 0.29) is 6.42 Å². The Morgan fingerprint density at radius 2 is 2.15 bits per heavy atom. The molecule has 0 bridgehead atoms. The fourth-order valence-electron chi connectivity index (χ4n) is 1.24. The summed E-state index contributed by atoms with van der Waals surface area (Å²) < 4.78 is 0. The third-order valence-corrected chi connectivity index (χ3v) is 3.21. The van der Waals surface area contributed by atoms with Gasteiger partial charge >= 0.3 is 5.97 Å². The number of nitrogens with two attached hydrogens (primary N) is 1. The van der Waals surface area contributed by atoms with E-state index < -0.39 is 5.97 Å². The summed E-state index contributed by atoms with van der Waals surface area (Å²) in [6, 6.07) is 0. The summed E-state index contributed by atoms with van der Waals surface area (Å²) >= 11 is 1.53. The number of rotatable bonds is 3. The van der Waals surface area contributed by atoms with Crippen molar-refractivity contribution in [1.82, 2.24) is 0 Å². The number of hydrogen-bond acceptors (Lipinski definition) is 3. The summed E-state index contributed by atoms with van der Waals surface area (Å²) in [5, 5.41) is 9.29. The van der Waals surface area contributed by atoms with Crippen LogP contribution in [0.3, 0.4) is 0 Å². The molecule has 0 aliphatic heterocycles. The van der Waals surface area contributed by atoms with Gasteiger partial charge in [-0.05, 0) is 31.4 Å². The smallest absolute Gasteiger partial charge is 0.303 e. The lowest BCUT2D eigenvalue weighted by atomic mass is 10.1. The highest BCUT2D eigenvalue weighted by Crippen LogP contribution is 2.30. The number of aliphatic carboxylic acids is 1. The highest BCUT2D eigenvalue weighted by molar-refractivity contribution is 7.16.